The lowest BCUT2D eigenvalue weighted by molar-refractivity contribution is 0.145. The second-order valence-electron chi connectivity index (χ2n) is 2.38. The van der Waals surface area contributed by atoms with Crippen molar-refractivity contribution in [2.75, 3.05) is 26.3 Å². The number of nitrogens with one attached hydrogen (secondary N) is 1. The van der Waals surface area contributed by atoms with Gasteiger partial charge in [0.15, 0.2) is 0 Å². The third-order valence-electron chi connectivity index (χ3n) is 1.37. The van der Waals surface area contributed by atoms with Gasteiger partial charge in [0.05, 0.1) is 0 Å². The molecule has 0 radical (unpaired) electrons. The largest absolute Gasteiger partial charge is 0.382 e. The maximum Gasteiger partial charge on any atom is 0.0477 e. The van der Waals surface area contributed by atoms with Crippen LogP contribution in [0.5, 0.6) is 0 Å². The fourth-order valence-electron chi connectivity index (χ4n) is 0.773. The van der Waals surface area contributed by atoms with Gasteiger partial charge in [-0.1, -0.05) is 6.08 Å². The van der Waals surface area contributed by atoms with E-state index in [1.54, 1.807) is 0 Å². The molecule has 0 aromatic carbocycles. The normalized spacial score (nSPS) is 9.91. The maximum atomic E-state index is 5.18. The minimum absolute atomic E-state index is 0.826. The molecule has 0 amide bonds. The highest BCUT2D eigenvalue weighted by atomic mass is 16.5. The molecule has 0 aromatic heterocycles. The number of hydrogen-bond acceptors (Lipinski definition) is 2. The molecule has 0 bridgehead atoms. The zero-order valence-electron chi connectivity index (χ0n) is 7.44. The Labute approximate surface area is 69.6 Å². The summed E-state index contributed by atoms with van der Waals surface area (Å²) >= 11 is 0. The summed E-state index contributed by atoms with van der Waals surface area (Å²) in [6.45, 7) is 9.45. The van der Waals surface area contributed by atoms with Crippen molar-refractivity contribution in [3.63, 3.8) is 0 Å². The highest BCUT2D eigenvalue weighted by Crippen LogP contribution is 1.81. The Kier molecular flexibility index (Phi) is 9.36. The van der Waals surface area contributed by atoms with Gasteiger partial charge in [0.25, 0.3) is 0 Å². The minimum atomic E-state index is 0.826. The lowest BCUT2D eigenvalue weighted by atomic mass is 10.4. The van der Waals surface area contributed by atoms with Crippen LogP contribution < -0.4 is 5.32 Å². The summed E-state index contributed by atoms with van der Waals surface area (Å²) in [6, 6.07) is 0. The molecule has 0 saturated carbocycles. The Morgan fingerprint density at radius 1 is 1.45 bits per heavy atom. The lowest BCUT2D eigenvalue weighted by Gasteiger charge is -2.02. The van der Waals surface area contributed by atoms with Gasteiger partial charge >= 0.3 is 0 Å². The highest BCUT2D eigenvalue weighted by molar-refractivity contribution is 4.67. The molecule has 2 nitrogen and oxygen atoms in total. The van der Waals surface area contributed by atoms with E-state index in [0.717, 1.165) is 39.1 Å². The Morgan fingerprint density at radius 2 is 2.27 bits per heavy atom. The fourth-order valence-corrected chi connectivity index (χ4v) is 0.773. The second kappa shape index (κ2) is 9.66. The Morgan fingerprint density at radius 3 is 2.91 bits per heavy atom. The van der Waals surface area contributed by atoms with Gasteiger partial charge in [-0.15, -0.1) is 6.58 Å². The molecular weight excluding hydrogens is 138 g/mol. The summed E-state index contributed by atoms with van der Waals surface area (Å²) in [7, 11) is 0. The van der Waals surface area contributed by atoms with Crippen LogP contribution >= 0.6 is 0 Å². The summed E-state index contributed by atoms with van der Waals surface area (Å²) in [4.78, 5) is 0. The quantitative estimate of drug-likeness (QED) is 0.426. The van der Waals surface area contributed by atoms with Crippen molar-refractivity contribution in [3.05, 3.63) is 12.7 Å². The molecule has 0 heterocycles. The molecular formula is C9H19NO. The van der Waals surface area contributed by atoms with E-state index < -0.39 is 0 Å². The Bertz CT molecular complexity index is 83.6. The van der Waals surface area contributed by atoms with Crippen LogP contribution in [0.3, 0.4) is 0 Å². The monoisotopic (exact) mass is 157 g/mol. The molecule has 0 atom stereocenters. The highest BCUT2D eigenvalue weighted by Gasteiger charge is 1.85. The average Bonchev–Trinajstić information content (AvgIpc) is 2.03. The first-order valence-electron chi connectivity index (χ1n) is 4.31. The summed E-state index contributed by atoms with van der Waals surface area (Å²) in [5.41, 5.74) is 0. The van der Waals surface area contributed by atoms with Gasteiger partial charge in [-0.3, -0.25) is 0 Å². The molecule has 0 aromatic rings. The Balaban J connectivity index is 2.74. The van der Waals surface area contributed by atoms with E-state index in [0.29, 0.717) is 0 Å². The van der Waals surface area contributed by atoms with Crippen molar-refractivity contribution in [1.82, 2.24) is 5.32 Å². The SMILES string of the molecule is C=CCCNCCCOCC. The van der Waals surface area contributed by atoms with Crippen molar-refractivity contribution in [2.24, 2.45) is 0 Å². The molecule has 0 unspecified atom stereocenters. The average molecular weight is 157 g/mol. The summed E-state index contributed by atoms with van der Waals surface area (Å²) in [5.74, 6) is 0. The number of rotatable bonds is 8. The van der Waals surface area contributed by atoms with Gasteiger partial charge < -0.3 is 10.1 Å². The summed E-state index contributed by atoms with van der Waals surface area (Å²) < 4.78 is 5.18. The van der Waals surface area contributed by atoms with Crippen LogP contribution in [0.1, 0.15) is 19.8 Å². The molecule has 66 valence electrons. The predicted molar refractivity (Wildman–Crippen MR) is 48.8 cm³/mol. The maximum absolute atomic E-state index is 5.18. The molecule has 11 heavy (non-hydrogen) atoms. The zero-order chi connectivity index (χ0) is 8.36. The van der Waals surface area contributed by atoms with E-state index in [1.165, 1.54) is 0 Å². The molecule has 0 spiro atoms. The van der Waals surface area contributed by atoms with Gasteiger partial charge in [-0.2, -0.15) is 0 Å². The first kappa shape index (κ1) is 10.7. The van der Waals surface area contributed by atoms with Crippen LogP contribution in [-0.2, 0) is 4.74 Å². The molecule has 0 saturated heterocycles. The molecule has 0 aliphatic rings. The standard InChI is InChI=1S/C9H19NO/c1-3-5-7-10-8-6-9-11-4-2/h3,10H,1,4-9H2,2H3. The first-order valence-corrected chi connectivity index (χ1v) is 4.31. The molecule has 1 N–H and O–H groups in total. The van der Waals surface area contributed by atoms with Gasteiger partial charge in [0, 0.05) is 13.2 Å². The second-order valence-corrected chi connectivity index (χ2v) is 2.38. The van der Waals surface area contributed by atoms with Crippen molar-refractivity contribution >= 4 is 0 Å². The van der Waals surface area contributed by atoms with Gasteiger partial charge in [0.2, 0.25) is 0 Å². The minimum Gasteiger partial charge on any atom is -0.382 e. The topological polar surface area (TPSA) is 21.3 Å². The van der Waals surface area contributed by atoms with Crippen LogP contribution in [0.2, 0.25) is 0 Å². The molecule has 2 heteroatoms. The number of hydrogen-bond donors (Lipinski definition) is 1. The van der Waals surface area contributed by atoms with Crippen molar-refractivity contribution < 1.29 is 4.74 Å². The Hall–Kier alpha value is -0.340. The molecule has 0 aliphatic carbocycles. The van der Waals surface area contributed by atoms with E-state index in [9.17, 15) is 0 Å². The van der Waals surface area contributed by atoms with Crippen molar-refractivity contribution in [1.29, 1.82) is 0 Å². The van der Waals surface area contributed by atoms with Gasteiger partial charge in [0.1, 0.15) is 0 Å². The third-order valence-corrected chi connectivity index (χ3v) is 1.37. The van der Waals surface area contributed by atoms with Crippen molar-refractivity contribution in [2.45, 2.75) is 19.8 Å². The summed E-state index contributed by atoms with van der Waals surface area (Å²) in [5, 5.41) is 3.29. The van der Waals surface area contributed by atoms with Crippen LogP contribution in [0.25, 0.3) is 0 Å². The van der Waals surface area contributed by atoms with Crippen molar-refractivity contribution in [3.8, 4) is 0 Å². The van der Waals surface area contributed by atoms with Crippen LogP contribution in [0.15, 0.2) is 12.7 Å². The first-order chi connectivity index (χ1) is 5.41. The van der Waals surface area contributed by atoms with Gasteiger partial charge in [-0.25, -0.2) is 0 Å². The van der Waals surface area contributed by atoms with Crippen LogP contribution in [0.4, 0.5) is 0 Å². The van der Waals surface area contributed by atoms with E-state index in [4.69, 9.17) is 4.74 Å². The smallest absolute Gasteiger partial charge is 0.0477 e. The third kappa shape index (κ3) is 9.66. The van der Waals surface area contributed by atoms with Crippen LogP contribution in [-0.4, -0.2) is 26.3 Å². The number of ether oxygens (including phenoxy) is 1. The molecule has 0 fully saturated rings. The molecule has 0 aliphatic heterocycles. The lowest BCUT2D eigenvalue weighted by Crippen LogP contribution is -2.17. The predicted octanol–water partition coefficient (Wildman–Crippen LogP) is 1.58. The van der Waals surface area contributed by atoms with Gasteiger partial charge in [-0.05, 0) is 32.9 Å². The zero-order valence-corrected chi connectivity index (χ0v) is 7.44. The van der Waals surface area contributed by atoms with Crippen LogP contribution in [0, 0.1) is 0 Å². The van der Waals surface area contributed by atoms with E-state index >= 15 is 0 Å². The summed E-state index contributed by atoms with van der Waals surface area (Å²) in [6.07, 6.45) is 4.08. The van der Waals surface area contributed by atoms with E-state index in [2.05, 4.69) is 11.9 Å². The van der Waals surface area contributed by atoms with E-state index in [1.807, 2.05) is 13.0 Å². The van der Waals surface area contributed by atoms with E-state index in [-0.39, 0.29) is 0 Å². The molecule has 0 rings (SSSR count). The fraction of sp³-hybridized carbons (Fsp3) is 0.778.